The number of benzene rings is 1. The van der Waals surface area contributed by atoms with Gasteiger partial charge in [0.25, 0.3) is 0 Å². The van der Waals surface area contributed by atoms with Gasteiger partial charge in [0.05, 0.1) is 0 Å². The van der Waals surface area contributed by atoms with Crippen LogP contribution in [0.5, 0.6) is 0 Å². The van der Waals surface area contributed by atoms with Crippen molar-refractivity contribution in [2.24, 2.45) is 0 Å². The van der Waals surface area contributed by atoms with E-state index in [2.05, 4.69) is 34.1 Å². The number of thioether (sulfide) groups is 1. The van der Waals surface area contributed by atoms with Gasteiger partial charge in [0.1, 0.15) is 5.44 Å². The van der Waals surface area contributed by atoms with Gasteiger partial charge in [-0.3, -0.25) is 0 Å². The minimum Gasteiger partial charge on any atom is -0.367 e. The third kappa shape index (κ3) is 2.48. The molecule has 1 unspecified atom stereocenters. The maximum Gasteiger partial charge on any atom is 0.107 e. The zero-order valence-corrected chi connectivity index (χ0v) is 9.61. The summed E-state index contributed by atoms with van der Waals surface area (Å²) in [5.41, 5.74) is 0.360. The van der Waals surface area contributed by atoms with Gasteiger partial charge < -0.3 is 4.74 Å². The molecule has 0 aromatic heterocycles. The number of rotatable bonds is 2. The molecule has 13 heavy (non-hydrogen) atoms. The minimum atomic E-state index is 0.360. The van der Waals surface area contributed by atoms with Crippen LogP contribution in [0, 0.1) is 0 Å². The van der Waals surface area contributed by atoms with E-state index in [1.54, 1.807) is 0 Å². The van der Waals surface area contributed by atoms with Crippen molar-refractivity contribution < 1.29 is 4.74 Å². The Morgan fingerprint density at radius 3 is 2.92 bits per heavy atom. The smallest absolute Gasteiger partial charge is 0.107 e. The van der Waals surface area contributed by atoms with E-state index in [9.17, 15) is 0 Å². The summed E-state index contributed by atoms with van der Waals surface area (Å²) in [5.74, 6) is 0. The van der Waals surface area contributed by atoms with Gasteiger partial charge in [-0.2, -0.15) is 0 Å². The van der Waals surface area contributed by atoms with E-state index in [1.807, 2.05) is 17.8 Å². The first-order chi connectivity index (χ1) is 6.36. The average molecular weight is 259 g/mol. The molecule has 3 heteroatoms. The lowest BCUT2D eigenvalue weighted by atomic mass is 10.4. The van der Waals surface area contributed by atoms with Gasteiger partial charge in [-0.25, -0.2) is 0 Å². The summed E-state index contributed by atoms with van der Waals surface area (Å²) >= 11 is 5.34. The van der Waals surface area contributed by atoms with Gasteiger partial charge in [-0.15, -0.1) is 0 Å². The first-order valence-corrected chi connectivity index (χ1v) is 6.06. The fourth-order valence-corrected chi connectivity index (χ4v) is 2.96. The second-order valence-corrected chi connectivity index (χ2v) is 5.05. The first kappa shape index (κ1) is 9.56. The highest BCUT2D eigenvalue weighted by molar-refractivity contribution is 9.10. The lowest BCUT2D eigenvalue weighted by Gasteiger charge is -2.09. The van der Waals surface area contributed by atoms with Crippen molar-refractivity contribution >= 4 is 27.7 Å². The molecular weight excluding hydrogens is 248 g/mol. The highest BCUT2D eigenvalue weighted by Gasteiger charge is 2.17. The van der Waals surface area contributed by atoms with E-state index in [4.69, 9.17) is 4.74 Å². The summed E-state index contributed by atoms with van der Waals surface area (Å²) < 4.78 is 6.72. The maximum absolute atomic E-state index is 5.55. The van der Waals surface area contributed by atoms with Crippen LogP contribution in [0.25, 0.3) is 0 Å². The fraction of sp³-hybridized carbons (Fsp3) is 0.400. The molecule has 1 nitrogen and oxygen atoms in total. The topological polar surface area (TPSA) is 9.23 Å². The molecule has 0 N–H and O–H groups in total. The Labute approximate surface area is 91.0 Å². The van der Waals surface area contributed by atoms with E-state index in [1.165, 1.54) is 17.7 Å². The Bertz CT molecular complexity index is 284. The van der Waals surface area contributed by atoms with Crippen LogP contribution in [0.1, 0.15) is 12.8 Å². The Morgan fingerprint density at radius 1 is 1.38 bits per heavy atom. The van der Waals surface area contributed by atoms with Crippen molar-refractivity contribution in [3.8, 4) is 0 Å². The number of halogens is 1. The molecule has 1 heterocycles. The Morgan fingerprint density at radius 2 is 2.23 bits per heavy atom. The minimum absolute atomic E-state index is 0.360. The predicted octanol–water partition coefficient (Wildman–Crippen LogP) is 3.68. The fourth-order valence-electron chi connectivity index (χ4n) is 1.32. The molecule has 1 aliphatic heterocycles. The van der Waals surface area contributed by atoms with Gasteiger partial charge >= 0.3 is 0 Å². The molecule has 1 atom stereocenters. The summed E-state index contributed by atoms with van der Waals surface area (Å²) in [5, 5.41) is 0. The average Bonchev–Trinajstić information content (AvgIpc) is 2.61. The van der Waals surface area contributed by atoms with Crippen molar-refractivity contribution in [2.45, 2.75) is 23.2 Å². The largest absolute Gasteiger partial charge is 0.367 e. The van der Waals surface area contributed by atoms with E-state index >= 15 is 0 Å². The van der Waals surface area contributed by atoms with Crippen LogP contribution in [0.15, 0.2) is 33.6 Å². The van der Waals surface area contributed by atoms with Crippen LogP contribution >= 0.6 is 27.7 Å². The summed E-state index contributed by atoms with van der Waals surface area (Å²) in [7, 11) is 0. The molecule has 1 aliphatic rings. The zero-order valence-electron chi connectivity index (χ0n) is 7.20. The van der Waals surface area contributed by atoms with Crippen LogP contribution in [0.2, 0.25) is 0 Å². The predicted molar refractivity (Wildman–Crippen MR) is 59.0 cm³/mol. The van der Waals surface area contributed by atoms with Crippen LogP contribution in [-0.2, 0) is 4.74 Å². The number of hydrogen-bond donors (Lipinski definition) is 0. The Kier molecular flexibility index (Phi) is 3.30. The molecular formula is C10H11BrOS. The molecule has 70 valence electrons. The van der Waals surface area contributed by atoms with Crippen molar-refractivity contribution in [1.82, 2.24) is 0 Å². The third-order valence-electron chi connectivity index (χ3n) is 1.98. The SMILES string of the molecule is Brc1ccccc1SC1CCCO1. The molecule has 0 spiro atoms. The monoisotopic (exact) mass is 258 g/mol. The quantitative estimate of drug-likeness (QED) is 0.801. The summed E-state index contributed by atoms with van der Waals surface area (Å²) in [6.45, 7) is 0.919. The summed E-state index contributed by atoms with van der Waals surface area (Å²) in [6.07, 6.45) is 2.37. The highest BCUT2D eigenvalue weighted by Crippen LogP contribution is 2.34. The van der Waals surface area contributed by atoms with Crippen molar-refractivity contribution in [2.75, 3.05) is 6.61 Å². The van der Waals surface area contributed by atoms with Gasteiger partial charge in [-0.1, -0.05) is 23.9 Å². The van der Waals surface area contributed by atoms with Crippen molar-refractivity contribution in [3.63, 3.8) is 0 Å². The van der Waals surface area contributed by atoms with Crippen LogP contribution in [0.3, 0.4) is 0 Å². The molecule has 2 rings (SSSR count). The molecule has 0 bridgehead atoms. The second kappa shape index (κ2) is 4.49. The van der Waals surface area contributed by atoms with Gasteiger partial charge in [0.15, 0.2) is 0 Å². The Balaban J connectivity index is 2.04. The lowest BCUT2D eigenvalue weighted by Crippen LogP contribution is -1.97. The molecule has 0 amide bonds. The summed E-state index contributed by atoms with van der Waals surface area (Å²) in [6, 6.07) is 8.28. The molecule has 1 saturated heterocycles. The zero-order chi connectivity index (χ0) is 9.10. The van der Waals surface area contributed by atoms with E-state index in [0.29, 0.717) is 5.44 Å². The van der Waals surface area contributed by atoms with Gasteiger partial charge in [0, 0.05) is 16.0 Å². The Hall–Kier alpha value is 0.01000. The molecule has 0 saturated carbocycles. The maximum atomic E-state index is 5.55. The standard InChI is InChI=1S/C10H11BrOS/c11-8-4-1-2-5-9(8)13-10-6-3-7-12-10/h1-2,4-5,10H,3,6-7H2. The molecule has 0 radical (unpaired) electrons. The van der Waals surface area contributed by atoms with Crippen LogP contribution in [-0.4, -0.2) is 12.0 Å². The summed E-state index contributed by atoms with van der Waals surface area (Å²) in [4.78, 5) is 1.27. The highest BCUT2D eigenvalue weighted by atomic mass is 79.9. The van der Waals surface area contributed by atoms with Crippen molar-refractivity contribution in [3.05, 3.63) is 28.7 Å². The van der Waals surface area contributed by atoms with E-state index in [-0.39, 0.29) is 0 Å². The van der Waals surface area contributed by atoms with Crippen molar-refractivity contribution in [1.29, 1.82) is 0 Å². The van der Waals surface area contributed by atoms with E-state index < -0.39 is 0 Å². The number of hydrogen-bond acceptors (Lipinski definition) is 2. The number of ether oxygens (including phenoxy) is 1. The second-order valence-electron chi connectivity index (χ2n) is 2.99. The lowest BCUT2D eigenvalue weighted by molar-refractivity contribution is 0.173. The third-order valence-corrected chi connectivity index (χ3v) is 4.18. The molecule has 1 fully saturated rings. The van der Waals surface area contributed by atoms with Gasteiger partial charge in [-0.05, 0) is 40.9 Å². The van der Waals surface area contributed by atoms with Crippen LogP contribution < -0.4 is 0 Å². The molecule has 1 aromatic rings. The van der Waals surface area contributed by atoms with Gasteiger partial charge in [0.2, 0.25) is 0 Å². The molecule has 1 aromatic carbocycles. The van der Waals surface area contributed by atoms with E-state index in [0.717, 1.165) is 11.1 Å². The molecule has 0 aliphatic carbocycles. The first-order valence-electron chi connectivity index (χ1n) is 4.39. The van der Waals surface area contributed by atoms with Crippen LogP contribution in [0.4, 0.5) is 0 Å². The normalized spacial score (nSPS) is 22.1.